The molecule has 0 spiro atoms. The summed E-state index contributed by atoms with van der Waals surface area (Å²) in [4.78, 5) is 8.59. The van der Waals surface area contributed by atoms with Crippen molar-refractivity contribution in [3.05, 3.63) is 23.8 Å². The van der Waals surface area contributed by atoms with Crippen molar-refractivity contribution in [2.75, 3.05) is 19.8 Å². The van der Waals surface area contributed by atoms with Crippen molar-refractivity contribution in [3.63, 3.8) is 0 Å². The van der Waals surface area contributed by atoms with Gasteiger partial charge in [0, 0.05) is 18.9 Å². The van der Waals surface area contributed by atoms with Crippen LogP contribution in [-0.4, -0.2) is 39.3 Å². The van der Waals surface area contributed by atoms with Gasteiger partial charge in [-0.1, -0.05) is 0 Å². The lowest BCUT2D eigenvalue weighted by atomic mass is 10.3. The zero-order valence-electron chi connectivity index (χ0n) is 9.05. The van der Waals surface area contributed by atoms with E-state index in [9.17, 15) is 0 Å². The van der Waals surface area contributed by atoms with Crippen molar-refractivity contribution in [2.24, 2.45) is 0 Å². The Kier molecular flexibility index (Phi) is 2.30. The van der Waals surface area contributed by atoms with Crippen LogP contribution in [0.25, 0.3) is 5.78 Å². The fraction of sp³-hybridized carbons (Fsp3) is 0.500. The number of fused-ring (bicyclic) bond motifs is 1. The second kappa shape index (κ2) is 3.80. The van der Waals surface area contributed by atoms with Crippen molar-refractivity contribution >= 4 is 5.78 Å². The highest BCUT2D eigenvalue weighted by Crippen LogP contribution is 2.12. The molecule has 1 atom stereocenters. The van der Waals surface area contributed by atoms with E-state index < -0.39 is 0 Å². The molecular formula is C10H13N5O. The van der Waals surface area contributed by atoms with Crippen LogP contribution in [0.4, 0.5) is 0 Å². The van der Waals surface area contributed by atoms with Gasteiger partial charge in [0.05, 0.1) is 19.3 Å². The van der Waals surface area contributed by atoms with Crippen molar-refractivity contribution < 1.29 is 4.74 Å². The van der Waals surface area contributed by atoms with Gasteiger partial charge in [-0.3, -0.25) is 0 Å². The average Bonchev–Trinajstić information content (AvgIpc) is 2.73. The molecule has 6 nitrogen and oxygen atoms in total. The minimum Gasteiger partial charge on any atom is -0.378 e. The Balaban J connectivity index is 1.97. The summed E-state index contributed by atoms with van der Waals surface area (Å²) < 4.78 is 7.09. The molecule has 1 unspecified atom stereocenters. The van der Waals surface area contributed by atoms with Crippen LogP contribution in [0, 0.1) is 6.92 Å². The monoisotopic (exact) mass is 219 g/mol. The van der Waals surface area contributed by atoms with Crippen molar-refractivity contribution in [3.8, 4) is 0 Å². The molecule has 1 aliphatic rings. The second-order valence-electron chi connectivity index (χ2n) is 3.93. The molecule has 0 aliphatic carbocycles. The molecule has 16 heavy (non-hydrogen) atoms. The summed E-state index contributed by atoms with van der Waals surface area (Å²) in [5, 5.41) is 7.72. The topological polar surface area (TPSA) is 64.3 Å². The number of aromatic nitrogens is 4. The van der Waals surface area contributed by atoms with Crippen LogP contribution in [0.15, 0.2) is 12.4 Å². The third-order valence-corrected chi connectivity index (χ3v) is 2.57. The van der Waals surface area contributed by atoms with Gasteiger partial charge in [0.1, 0.15) is 0 Å². The van der Waals surface area contributed by atoms with Crippen LogP contribution < -0.4 is 5.32 Å². The van der Waals surface area contributed by atoms with Crippen molar-refractivity contribution in [1.29, 1.82) is 0 Å². The Bertz CT molecular complexity index is 503. The van der Waals surface area contributed by atoms with Gasteiger partial charge in [-0.2, -0.15) is 4.98 Å². The SMILES string of the molecule is Cc1cnc2nc(C3COCCN3)nn2c1. The van der Waals surface area contributed by atoms with Gasteiger partial charge in [-0.15, -0.1) is 5.10 Å². The predicted molar refractivity (Wildman–Crippen MR) is 57.1 cm³/mol. The van der Waals surface area contributed by atoms with E-state index in [1.165, 1.54) is 0 Å². The number of nitrogens with zero attached hydrogens (tertiary/aromatic N) is 4. The molecule has 2 aromatic heterocycles. The first kappa shape index (κ1) is 9.68. The number of rotatable bonds is 1. The highest BCUT2D eigenvalue weighted by Gasteiger charge is 2.20. The molecule has 0 saturated carbocycles. The lowest BCUT2D eigenvalue weighted by molar-refractivity contribution is 0.0743. The van der Waals surface area contributed by atoms with Crippen LogP contribution in [0.2, 0.25) is 0 Å². The largest absolute Gasteiger partial charge is 0.378 e. The van der Waals surface area contributed by atoms with Crippen LogP contribution >= 0.6 is 0 Å². The van der Waals surface area contributed by atoms with Gasteiger partial charge in [-0.25, -0.2) is 9.50 Å². The quantitative estimate of drug-likeness (QED) is 0.736. The first-order chi connectivity index (χ1) is 7.83. The fourth-order valence-electron chi connectivity index (χ4n) is 1.77. The molecule has 0 amide bonds. The van der Waals surface area contributed by atoms with Gasteiger partial charge in [0.2, 0.25) is 0 Å². The van der Waals surface area contributed by atoms with E-state index in [2.05, 4.69) is 20.4 Å². The molecule has 0 aromatic carbocycles. The maximum Gasteiger partial charge on any atom is 0.252 e. The highest BCUT2D eigenvalue weighted by molar-refractivity contribution is 5.28. The predicted octanol–water partition coefficient (Wildman–Crippen LogP) is 0.0936. The van der Waals surface area contributed by atoms with E-state index in [-0.39, 0.29) is 6.04 Å². The smallest absolute Gasteiger partial charge is 0.252 e. The Hall–Kier alpha value is -1.53. The first-order valence-electron chi connectivity index (χ1n) is 5.33. The molecule has 6 heteroatoms. The zero-order valence-corrected chi connectivity index (χ0v) is 9.05. The van der Waals surface area contributed by atoms with Crippen LogP contribution in [-0.2, 0) is 4.74 Å². The van der Waals surface area contributed by atoms with Crippen LogP contribution in [0.3, 0.4) is 0 Å². The summed E-state index contributed by atoms with van der Waals surface area (Å²) >= 11 is 0. The minimum atomic E-state index is 0.0794. The number of hydrogen-bond donors (Lipinski definition) is 1. The van der Waals surface area contributed by atoms with Crippen molar-refractivity contribution in [2.45, 2.75) is 13.0 Å². The maximum atomic E-state index is 5.38. The molecule has 3 rings (SSSR count). The van der Waals surface area contributed by atoms with E-state index in [4.69, 9.17) is 4.74 Å². The van der Waals surface area contributed by atoms with Gasteiger partial charge >= 0.3 is 0 Å². The molecule has 0 radical (unpaired) electrons. The summed E-state index contributed by atoms with van der Waals surface area (Å²) in [6.07, 6.45) is 3.71. The Morgan fingerprint density at radius 3 is 3.31 bits per heavy atom. The van der Waals surface area contributed by atoms with Gasteiger partial charge < -0.3 is 10.1 Å². The van der Waals surface area contributed by atoms with Gasteiger partial charge in [0.25, 0.3) is 5.78 Å². The summed E-state index contributed by atoms with van der Waals surface area (Å²) in [6.45, 7) is 4.19. The van der Waals surface area contributed by atoms with E-state index in [1.54, 1.807) is 10.7 Å². The summed E-state index contributed by atoms with van der Waals surface area (Å²) in [5.74, 6) is 1.38. The Morgan fingerprint density at radius 1 is 1.56 bits per heavy atom. The molecule has 1 N–H and O–H groups in total. The highest BCUT2D eigenvalue weighted by atomic mass is 16.5. The fourth-order valence-corrected chi connectivity index (χ4v) is 1.77. The van der Waals surface area contributed by atoms with E-state index in [0.29, 0.717) is 12.4 Å². The number of hydrogen-bond acceptors (Lipinski definition) is 5. The lowest BCUT2D eigenvalue weighted by Crippen LogP contribution is -2.35. The number of morpholine rings is 1. The normalized spacial score (nSPS) is 21.4. The first-order valence-corrected chi connectivity index (χ1v) is 5.33. The van der Waals surface area contributed by atoms with Gasteiger partial charge in [-0.05, 0) is 12.5 Å². The Morgan fingerprint density at radius 2 is 2.50 bits per heavy atom. The molecule has 1 saturated heterocycles. The Labute approximate surface area is 92.7 Å². The van der Waals surface area contributed by atoms with E-state index >= 15 is 0 Å². The molecule has 3 heterocycles. The summed E-state index contributed by atoms with van der Waals surface area (Å²) in [5.41, 5.74) is 1.07. The minimum absolute atomic E-state index is 0.0794. The zero-order chi connectivity index (χ0) is 11.0. The number of ether oxygens (including phenoxy) is 1. The lowest BCUT2D eigenvalue weighted by Gasteiger charge is -2.20. The summed E-state index contributed by atoms with van der Waals surface area (Å²) in [6, 6.07) is 0.0794. The number of aryl methyl sites for hydroxylation is 1. The van der Waals surface area contributed by atoms with Gasteiger partial charge in [0.15, 0.2) is 5.82 Å². The van der Waals surface area contributed by atoms with Crippen LogP contribution in [0.5, 0.6) is 0 Å². The van der Waals surface area contributed by atoms with E-state index in [1.807, 2.05) is 13.1 Å². The van der Waals surface area contributed by atoms with Crippen LogP contribution in [0.1, 0.15) is 17.4 Å². The molecule has 84 valence electrons. The summed E-state index contributed by atoms with van der Waals surface area (Å²) in [7, 11) is 0. The van der Waals surface area contributed by atoms with Crippen molar-refractivity contribution in [1.82, 2.24) is 24.9 Å². The standard InChI is InChI=1S/C10H13N5O/c1-7-4-12-10-13-9(14-15(10)5-7)8-6-16-3-2-11-8/h4-5,8,11H,2-3,6H2,1H3. The molecule has 2 aromatic rings. The molecule has 0 bridgehead atoms. The maximum absolute atomic E-state index is 5.38. The number of nitrogens with one attached hydrogen (secondary N) is 1. The van der Waals surface area contributed by atoms with E-state index in [0.717, 1.165) is 24.5 Å². The molecular weight excluding hydrogens is 206 g/mol. The average molecular weight is 219 g/mol. The molecule has 1 aliphatic heterocycles. The molecule has 1 fully saturated rings. The second-order valence-corrected chi connectivity index (χ2v) is 3.93. The third kappa shape index (κ3) is 1.66. The third-order valence-electron chi connectivity index (χ3n) is 2.57.